The van der Waals surface area contributed by atoms with Gasteiger partial charge in [0.2, 0.25) is 11.8 Å². The molecule has 1 fully saturated rings. The first-order valence-electron chi connectivity index (χ1n) is 11.6. The summed E-state index contributed by atoms with van der Waals surface area (Å²) in [5.74, 6) is 0.177. The van der Waals surface area contributed by atoms with Crippen LogP contribution in [0.4, 0.5) is 5.69 Å². The fourth-order valence-electron chi connectivity index (χ4n) is 4.40. The molecule has 1 N–H and O–H groups in total. The van der Waals surface area contributed by atoms with Crippen LogP contribution in [0.2, 0.25) is 0 Å². The molecule has 2 amide bonds. The third-order valence-corrected chi connectivity index (χ3v) is 6.42. The maximum Gasteiger partial charge on any atom is 0.241 e. The lowest BCUT2D eigenvalue weighted by atomic mass is 9.88. The van der Waals surface area contributed by atoms with Crippen molar-refractivity contribution in [1.82, 2.24) is 9.80 Å². The molecule has 0 saturated carbocycles. The summed E-state index contributed by atoms with van der Waals surface area (Å²) in [5, 5.41) is 2.97. The summed E-state index contributed by atoms with van der Waals surface area (Å²) >= 11 is 0. The Balaban J connectivity index is 1.35. The molecule has 3 aromatic rings. The molecular formula is C28H31N3O2. The smallest absolute Gasteiger partial charge is 0.241 e. The normalized spacial score (nSPS) is 15.3. The predicted octanol–water partition coefficient (Wildman–Crippen LogP) is 4.38. The minimum absolute atomic E-state index is 0.0193. The van der Waals surface area contributed by atoms with E-state index in [4.69, 9.17) is 0 Å². The minimum Gasteiger partial charge on any atom is -0.340 e. The van der Waals surface area contributed by atoms with Gasteiger partial charge >= 0.3 is 0 Å². The molecule has 0 bridgehead atoms. The molecule has 1 heterocycles. The van der Waals surface area contributed by atoms with E-state index in [0.717, 1.165) is 16.8 Å². The summed E-state index contributed by atoms with van der Waals surface area (Å²) in [6.45, 7) is 4.58. The number of carbonyl (C=O) groups is 2. The summed E-state index contributed by atoms with van der Waals surface area (Å²) in [6, 6.07) is 29.7. The maximum absolute atomic E-state index is 13.2. The Hall–Kier alpha value is -3.44. The summed E-state index contributed by atoms with van der Waals surface area (Å²) in [5.41, 5.74) is 3.11. The number of carbonyl (C=O) groups excluding carboxylic acids is 2. The van der Waals surface area contributed by atoms with Gasteiger partial charge in [0.1, 0.15) is 0 Å². The predicted molar refractivity (Wildman–Crippen MR) is 132 cm³/mol. The number of rotatable bonds is 7. The van der Waals surface area contributed by atoms with Gasteiger partial charge in [-0.3, -0.25) is 14.5 Å². The van der Waals surface area contributed by atoms with E-state index in [1.54, 1.807) is 0 Å². The highest BCUT2D eigenvalue weighted by Crippen LogP contribution is 2.29. The molecule has 0 aliphatic carbocycles. The van der Waals surface area contributed by atoms with Crippen LogP contribution in [0.25, 0.3) is 0 Å². The van der Waals surface area contributed by atoms with Crippen molar-refractivity contribution >= 4 is 17.5 Å². The summed E-state index contributed by atoms with van der Waals surface area (Å²) in [6.07, 6.45) is 0.443. The van der Waals surface area contributed by atoms with Gasteiger partial charge in [0.05, 0.1) is 6.04 Å². The molecule has 5 nitrogen and oxygen atoms in total. The number of nitrogens with zero attached hydrogens (tertiary/aromatic N) is 2. The molecule has 0 aromatic heterocycles. The Morgan fingerprint density at radius 2 is 1.24 bits per heavy atom. The van der Waals surface area contributed by atoms with E-state index < -0.39 is 0 Å². The first-order chi connectivity index (χ1) is 16.1. The third kappa shape index (κ3) is 5.88. The zero-order valence-electron chi connectivity index (χ0n) is 19.1. The van der Waals surface area contributed by atoms with E-state index in [9.17, 15) is 9.59 Å². The van der Waals surface area contributed by atoms with Crippen molar-refractivity contribution in [2.45, 2.75) is 25.3 Å². The van der Waals surface area contributed by atoms with Crippen LogP contribution < -0.4 is 5.32 Å². The van der Waals surface area contributed by atoms with Crippen molar-refractivity contribution in [3.8, 4) is 0 Å². The van der Waals surface area contributed by atoms with Crippen LogP contribution in [0.1, 0.15) is 30.4 Å². The zero-order chi connectivity index (χ0) is 23.0. The molecular weight excluding hydrogens is 410 g/mol. The first kappa shape index (κ1) is 22.7. The third-order valence-electron chi connectivity index (χ3n) is 6.42. The fraction of sp³-hybridized carbons (Fsp3) is 0.286. The molecule has 1 aliphatic heterocycles. The quantitative estimate of drug-likeness (QED) is 0.592. The van der Waals surface area contributed by atoms with E-state index in [2.05, 4.69) is 34.5 Å². The lowest BCUT2D eigenvalue weighted by Crippen LogP contribution is -2.54. The lowest BCUT2D eigenvalue weighted by Gasteiger charge is -2.38. The number of hydrogen-bond donors (Lipinski definition) is 1. The van der Waals surface area contributed by atoms with Crippen molar-refractivity contribution in [3.05, 3.63) is 102 Å². The number of piperazine rings is 1. The Morgan fingerprint density at radius 1 is 0.758 bits per heavy atom. The van der Waals surface area contributed by atoms with Gasteiger partial charge in [-0.25, -0.2) is 0 Å². The molecule has 1 unspecified atom stereocenters. The molecule has 1 saturated heterocycles. The van der Waals surface area contributed by atoms with E-state index in [1.807, 2.05) is 78.6 Å². The van der Waals surface area contributed by atoms with Crippen molar-refractivity contribution in [2.24, 2.45) is 0 Å². The van der Waals surface area contributed by atoms with Crippen LogP contribution in [0.15, 0.2) is 91.0 Å². The Morgan fingerprint density at radius 3 is 1.76 bits per heavy atom. The molecule has 5 heteroatoms. The average Bonchev–Trinajstić information content (AvgIpc) is 2.88. The van der Waals surface area contributed by atoms with Crippen LogP contribution >= 0.6 is 0 Å². The molecule has 1 atom stereocenters. The topological polar surface area (TPSA) is 52.7 Å². The number of nitrogens with one attached hydrogen (secondary N) is 1. The Bertz CT molecular complexity index is 993. The number of para-hydroxylation sites is 1. The van der Waals surface area contributed by atoms with Crippen LogP contribution in [0, 0.1) is 0 Å². The minimum atomic E-state index is -0.246. The highest BCUT2D eigenvalue weighted by molar-refractivity contribution is 5.94. The summed E-state index contributed by atoms with van der Waals surface area (Å²) in [7, 11) is 0. The van der Waals surface area contributed by atoms with Gasteiger partial charge in [0, 0.05) is 44.2 Å². The highest BCUT2D eigenvalue weighted by atomic mass is 16.2. The van der Waals surface area contributed by atoms with Gasteiger partial charge in [-0.2, -0.15) is 0 Å². The van der Waals surface area contributed by atoms with Crippen LogP contribution in [0.5, 0.6) is 0 Å². The first-order valence-corrected chi connectivity index (χ1v) is 11.6. The van der Waals surface area contributed by atoms with Crippen LogP contribution in [-0.4, -0.2) is 53.8 Å². The molecule has 33 heavy (non-hydrogen) atoms. The van der Waals surface area contributed by atoms with Gasteiger partial charge in [-0.1, -0.05) is 78.9 Å². The largest absolute Gasteiger partial charge is 0.340 e. The van der Waals surface area contributed by atoms with Gasteiger partial charge in [0.15, 0.2) is 0 Å². The van der Waals surface area contributed by atoms with Gasteiger partial charge < -0.3 is 10.2 Å². The molecule has 1 aliphatic rings. The second-order valence-corrected chi connectivity index (χ2v) is 8.53. The molecule has 4 rings (SSSR count). The SMILES string of the molecule is CC(C(=O)Nc1ccccc1)N1CCN(C(=O)CC(c2ccccc2)c2ccccc2)CC1. The maximum atomic E-state index is 13.2. The molecule has 0 spiro atoms. The van der Waals surface area contributed by atoms with Crippen molar-refractivity contribution in [1.29, 1.82) is 0 Å². The van der Waals surface area contributed by atoms with E-state index in [0.29, 0.717) is 32.6 Å². The number of benzene rings is 3. The lowest BCUT2D eigenvalue weighted by molar-refractivity contribution is -0.134. The number of anilines is 1. The second kappa shape index (κ2) is 10.9. The summed E-state index contributed by atoms with van der Waals surface area (Å²) < 4.78 is 0. The van der Waals surface area contributed by atoms with E-state index >= 15 is 0 Å². The average molecular weight is 442 g/mol. The van der Waals surface area contributed by atoms with Gasteiger partial charge in [0.25, 0.3) is 0 Å². The standard InChI is InChI=1S/C28H31N3O2/c1-22(28(33)29-25-15-9-4-10-16-25)30-17-19-31(20-18-30)27(32)21-26(23-11-5-2-6-12-23)24-13-7-3-8-14-24/h2-16,22,26H,17-21H2,1H3,(H,29,33). The Kier molecular flexibility index (Phi) is 7.53. The van der Waals surface area contributed by atoms with Crippen LogP contribution in [0.3, 0.4) is 0 Å². The van der Waals surface area contributed by atoms with Crippen molar-refractivity contribution < 1.29 is 9.59 Å². The van der Waals surface area contributed by atoms with Crippen LogP contribution in [-0.2, 0) is 9.59 Å². The number of hydrogen-bond acceptors (Lipinski definition) is 3. The molecule has 0 radical (unpaired) electrons. The monoisotopic (exact) mass is 441 g/mol. The zero-order valence-corrected chi connectivity index (χ0v) is 19.1. The van der Waals surface area contributed by atoms with Gasteiger partial charge in [-0.05, 0) is 30.2 Å². The fourth-order valence-corrected chi connectivity index (χ4v) is 4.40. The molecule has 3 aromatic carbocycles. The number of amides is 2. The van der Waals surface area contributed by atoms with E-state index in [1.165, 1.54) is 0 Å². The van der Waals surface area contributed by atoms with E-state index in [-0.39, 0.29) is 23.8 Å². The van der Waals surface area contributed by atoms with Gasteiger partial charge in [-0.15, -0.1) is 0 Å². The molecule has 170 valence electrons. The second-order valence-electron chi connectivity index (χ2n) is 8.53. The van der Waals surface area contributed by atoms with Crippen molar-refractivity contribution in [3.63, 3.8) is 0 Å². The summed E-state index contributed by atoms with van der Waals surface area (Å²) in [4.78, 5) is 30.0. The highest BCUT2D eigenvalue weighted by Gasteiger charge is 2.29. The van der Waals surface area contributed by atoms with Crippen molar-refractivity contribution in [2.75, 3.05) is 31.5 Å². The Labute approximate surface area is 196 Å².